The van der Waals surface area contributed by atoms with Crippen LogP contribution < -0.4 is 9.80 Å². The van der Waals surface area contributed by atoms with E-state index >= 15 is 0 Å². The number of carbonyl (C=O) groups is 1. The SMILES string of the molecule is CC(C)OCCOC(=O)[N-]c1c[n+](N(C2CCCCC2)C2CCCCC2)no1. The van der Waals surface area contributed by atoms with Crippen molar-refractivity contribution in [3.63, 3.8) is 0 Å². The van der Waals surface area contributed by atoms with Crippen LogP contribution in [0, 0.1) is 0 Å². The number of nitrogens with zero attached hydrogens (tertiary/aromatic N) is 4. The minimum Gasteiger partial charge on any atom is -0.552 e. The van der Waals surface area contributed by atoms with Gasteiger partial charge >= 0.3 is 0 Å². The number of amides is 1. The molecule has 8 heteroatoms. The summed E-state index contributed by atoms with van der Waals surface area (Å²) in [5.41, 5.74) is 0. The van der Waals surface area contributed by atoms with Crippen molar-refractivity contribution in [2.24, 2.45) is 0 Å². The van der Waals surface area contributed by atoms with Gasteiger partial charge in [0.15, 0.2) is 0 Å². The van der Waals surface area contributed by atoms with Crippen LogP contribution in [0.25, 0.3) is 5.32 Å². The Morgan fingerprint density at radius 2 is 1.75 bits per heavy atom. The lowest BCUT2D eigenvalue weighted by Crippen LogP contribution is -2.68. The molecule has 2 saturated carbocycles. The fourth-order valence-corrected chi connectivity index (χ4v) is 4.25. The lowest BCUT2D eigenvalue weighted by molar-refractivity contribution is -0.766. The molecule has 0 radical (unpaired) electrons. The zero-order valence-electron chi connectivity index (χ0n) is 17.2. The smallest absolute Gasteiger partial charge is 0.257 e. The number of hydrogen-bond acceptors (Lipinski definition) is 6. The van der Waals surface area contributed by atoms with Gasteiger partial charge in [0.05, 0.1) is 29.6 Å². The van der Waals surface area contributed by atoms with Gasteiger partial charge in [-0.2, -0.15) is 0 Å². The molecule has 0 aromatic carbocycles. The third-order valence-electron chi connectivity index (χ3n) is 5.54. The molecular formula is C20H34N4O4. The highest BCUT2D eigenvalue weighted by atomic mass is 16.6. The van der Waals surface area contributed by atoms with Crippen molar-refractivity contribution in [1.82, 2.24) is 5.27 Å². The van der Waals surface area contributed by atoms with Crippen LogP contribution in [0.4, 0.5) is 10.7 Å². The molecule has 0 bridgehead atoms. The van der Waals surface area contributed by atoms with Gasteiger partial charge < -0.3 is 19.3 Å². The molecule has 2 aliphatic carbocycles. The number of hydrogen-bond donors (Lipinski definition) is 0. The maximum atomic E-state index is 11.9. The Labute approximate surface area is 167 Å². The number of aromatic nitrogens is 2. The van der Waals surface area contributed by atoms with Crippen LogP contribution in [-0.2, 0) is 9.47 Å². The Kier molecular flexibility index (Phi) is 7.94. The van der Waals surface area contributed by atoms with Crippen molar-refractivity contribution in [3.05, 3.63) is 11.5 Å². The first-order chi connectivity index (χ1) is 13.6. The van der Waals surface area contributed by atoms with E-state index in [1.807, 2.05) is 13.8 Å². The minimum atomic E-state index is -0.683. The summed E-state index contributed by atoms with van der Waals surface area (Å²) in [6.07, 6.45) is 13.5. The maximum absolute atomic E-state index is 11.9. The molecule has 28 heavy (non-hydrogen) atoms. The molecule has 0 saturated heterocycles. The van der Waals surface area contributed by atoms with Crippen LogP contribution in [0.3, 0.4) is 0 Å². The molecule has 1 heterocycles. The zero-order chi connectivity index (χ0) is 19.8. The molecule has 0 atom stereocenters. The lowest BCUT2D eigenvalue weighted by atomic mass is 9.90. The molecule has 0 unspecified atom stereocenters. The van der Waals surface area contributed by atoms with Gasteiger partial charge in [0.25, 0.3) is 6.20 Å². The zero-order valence-corrected chi connectivity index (χ0v) is 17.2. The van der Waals surface area contributed by atoms with E-state index in [2.05, 4.69) is 15.6 Å². The van der Waals surface area contributed by atoms with Gasteiger partial charge in [0, 0.05) is 0 Å². The highest BCUT2D eigenvalue weighted by Crippen LogP contribution is 2.28. The van der Waals surface area contributed by atoms with E-state index in [0.717, 1.165) is 0 Å². The van der Waals surface area contributed by atoms with Crippen molar-refractivity contribution in [2.45, 2.75) is 96.2 Å². The predicted molar refractivity (Wildman–Crippen MR) is 104 cm³/mol. The summed E-state index contributed by atoms with van der Waals surface area (Å²) >= 11 is 0. The molecule has 0 aliphatic heterocycles. The molecule has 158 valence electrons. The normalized spacial score (nSPS) is 19.0. The quantitative estimate of drug-likeness (QED) is 0.487. The van der Waals surface area contributed by atoms with Crippen molar-refractivity contribution in [1.29, 1.82) is 0 Å². The van der Waals surface area contributed by atoms with E-state index in [4.69, 9.17) is 14.0 Å². The second kappa shape index (κ2) is 10.6. The summed E-state index contributed by atoms with van der Waals surface area (Å²) in [6, 6.07) is 0.944. The summed E-state index contributed by atoms with van der Waals surface area (Å²) < 4.78 is 15.7. The molecule has 2 aliphatic rings. The third kappa shape index (κ3) is 6.09. The third-order valence-corrected chi connectivity index (χ3v) is 5.54. The van der Waals surface area contributed by atoms with E-state index in [-0.39, 0.29) is 18.6 Å². The molecular weight excluding hydrogens is 360 g/mol. The van der Waals surface area contributed by atoms with E-state index < -0.39 is 6.09 Å². The van der Waals surface area contributed by atoms with Gasteiger partial charge in [-0.05, 0) is 39.5 Å². The minimum absolute atomic E-state index is 0.106. The first kappa shape index (κ1) is 20.9. The van der Waals surface area contributed by atoms with Gasteiger partial charge in [0.2, 0.25) is 11.4 Å². The van der Waals surface area contributed by atoms with Crippen LogP contribution in [-0.4, -0.2) is 42.8 Å². The van der Waals surface area contributed by atoms with E-state index in [1.54, 1.807) is 11.0 Å². The first-order valence-electron chi connectivity index (χ1n) is 10.8. The Morgan fingerprint density at radius 1 is 1.14 bits per heavy atom. The Morgan fingerprint density at radius 3 is 2.32 bits per heavy atom. The Balaban J connectivity index is 1.59. The van der Waals surface area contributed by atoms with Crippen LogP contribution in [0.15, 0.2) is 10.7 Å². The van der Waals surface area contributed by atoms with Gasteiger partial charge in [-0.25, -0.2) is 0 Å². The van der Waals surface area contributed by atoms with Gasteiger partial charge in [-0.3, -0.25) is 4.79 Å². The topological polar surface area (TPSA) is 82.8 Å². The van der Waals surface area contributed by atoms with Crippen LogP contribution in [0.2, 0.25) is 0 Å². The van der Waals surface area contributed by atoms with Gasteiger partial charge in [0.1, 0.15) is 12.5 Å². The van der Waals surface area contributed by atoms with Crippen molar-refractivity contribution in [3.8, 4) is 0 Å². The van der Waals surface area contributed by atoms with Crippen LogP contribution >= 0.6 is 0 Å². The summed E-state index contributed by atoms with van der Waals surface area (Å²) in [4.78, 5) is 13.7. The molecule has 1 amide bonds. The largest absolute Gasteiger partial charge is 0.552 e. The molecule has 8 nitrogen and oxygen atoms in total. The highest BCUT2D eigenvalue weighted by Gasteiger charge is 2.36. The Hall–Kier alpha value is -1.83. The van der Waals surface area contributed by atoms with E-state index in [1.165, 1.54) is 64.2 Å². The fraction of sp³-hybridized carbons (Fsp3) is 0.850. The molecule has 0 spiro atoms. The summed E-state index contributed by atoms with van der Waals surface area (Å²) in [6.45, 7) is 4.39. The van der Waals surface area contributed by atoms with E-state index in [0.29, 0.717) is 18.7 Å². The average Bonchev–Trinajstić information content (AvgIpc) is 3.15. The summed E-state index contributed by atoms with van der Waals surface area (Å²) in [5, 5.41) is 10.4. The Bertz CT molecular complexity index is 577. The molecule has 2 fully saturated rings. The van der Waals surface area contributed by atoms with Gasteiger partial charge in [-0.1, -0.05) is 38.5 Å². The fourth-order valence-electron chi connectivity index (χ4n) is 4.25. The number of rotatable bonds is 8. The second-order valence-corrected chi connectivity index (χ2v) is 8.07. The first-order valence-corrected chi connectivity index (χ1v) is 10.8. The standard InChI is InChI=1S/C20H34N4O4/c1-16(2)26-13-14-27-20(25)21-19-15-23(22-28-19)24(17-9-5-3-6-10-17)18-11-7-4-8-12-18/h15-18H,3-14H2,1-2H3. The summed E-state index contributed by atoms with van der Waals surface area (Å²) in [5.74, 6) is 0.173. The molecule has 1 aromatic heterocycles. The van der Waals surface area contributed by atoms with Crippen molar-refractivity contribution in [2.75, 3.05) is 18.2 Å². The van der Waals surface area contributed by atoms with E-state index in [9.17, 15) is 4.79 Å². The maximum Gasteiger partial charge on any atom is 0.257 e. The number of carbonyl (C=O) groups excluding carboxylic acids is 1. The average molecular weight is 395 g/mol. The second-order valence-electron chi connectivity index (χ2n) is 8.07. The number of ether oxygens (including phenoxy) is 2. The molecule has 0 N–H and O–H groups in total. The molecule has 3 rings (SSSR count). The van der Waals surface area contributed by atoms with Gasteiger partial charge in [-0.15, -0.1) is 5.01 Å². The monoisotopic (exact) mass is 394 g/mol. The summed E-state index contributed by atoms with van der Waals surface area (Å²) in [7, 11) is 0. The lowest BCUT2D eigenvalue weighted by Gasteiger charge is -2.35. The van der Waals surface area contributed by atoms with Crippen LogP contribution in [0.5, 0.6) is 0 Å². The van der Waals surface area contributed by atoms with Crippen molar-refractivity contribution >= 4 is 12.0 Å². The van der Waals surface area contributed by atoms with Crippen molar-refractivity contribution < 1.29 is 23.6 Å². The van der Waals surface area contributed by atoms with Crippen LogP contribution in [0.1, 0.15) is 78.1 Å². The highest BCUT2D eigenvalue weighted by molar-refractivity contribution is 5.88. The molecule has 1 aromatic rings. The predicted octanol–water partition coefficient (Wildman–Crippen LogP) is 4.13.